The number of rotatable bonds is 1. The highest BCUT2D eigenvalue weighted by Crippen LogP contribution is 2.53. The third-order valence-corrected chi connectivity index (χ3v) is 2.60. The second kappa shape index (κ2) is 3.75. The van der Waals surface area contributed by atoms with Crippen LogP contribution in [0, 0.1) is 5.41 Å². The summed E-state index contributed by atoms with van der Waals surface area (Å²) in [6, 6.07) is 6.70. The Morgan fingerprint density at radius 2 is 1.25 bits per heavy atom. The van der Waals surface area contributed by atoms with Gasteiger partial charge < -0.3 is 0 Å². The van der Waals surface area contributed by atoms with E-state index < -0.39 is 17.3 Å². The summed E-state index contributed by atoms with van der Waals surface area (Å²) in [4.78, 5) is 0. The molecule has 1 aromatic rings. The van der Waals surface area contributed by atoms with Crippen LogP contribution in [0.5, 0.6) is 0 Å². The predicted molar refractivity (Wildman–Crippen MR) is 54.7 cm³/mol. The average Bonchev–Trinajstić information content (AvgIpc) is 2.14. The molecule has 0 nitrogen and oxygen atoms in total. The molecule has 0 saturated heterocycles. The second-order valence-electron chi connectivity index (χ2n) is 4.77. The molecule has 0 amide bonds. The Balaban J connectivity index is 3.39. The van der Waals surface area contributed by atoms with E-state index in [1.165, 1.54) is 45.0 Å². The molecule has 1 atom stereocenters. The Morgan fingerprint density at radius 1 is 0.812 bits per heavy atom. The van der Waals surface area contributed by atoms with E-state index in [4.69, 9.17) is 0 Å². The minimum atomic E-state index is -4.92. The van der Waals surface area contributed by atoms with E-state index >= 15 is 0 Å². The molecule has 0 aliphatic heterocycles. The quantitative estimate of drug-likeness (QED) is 0.629. The maximum atomic E-state index is 14.4. The smallest absolute Gasteiger partial charge is 0.228 e. The average molecular weight is 234 g/mol. The molecular weight excluding hydrogens is 220 g/mol. The standard InChI is InChI=1S/C12H14F4/c1-10(2,3)11(13,12(14,15)16)9-7-5-4-6-8-9/h4-8H,1-3H3. The first kappa shape index (κ1) is 13.0. The fraction of sp³-hybridized carbons (Fsp3) is 0.500. The van der Waals surface area contributed by atoms with Crippen molar-refractivity contribution >= 4 is 0 Å². The SMILES string of the molecule is CC(C)(C)C(F)(c1ccccc1)C(F)(F)F. The van der Waals surface area contributed by atoms with Crippen LogP contribution < -0.4 is 0 Å². The summed E-state index contributed by atoms with van der Waals surface area (Å²) in [7, 11) is 0. The van der Waals surface area contributed by atoms with Gasteiger partial charge in [-0.15, -0.1) is 0 Å². The lowest BCUT2D eigenvalue weighted by molar-refractivity contribution is -0.269. The predicted octanol–water partition coefficient (Wildman–Crippen LogP) is 4.46. The van der Waals surface area contributed by atoms with Gasteiger partial charge in [0.1, 0.15) is 0 Å². The maximum Gasteiger partial charge on any atom is 0.427 e. The molecule has 16 heavy (non-hydrogen) atoms. The Hall–Kier alpha value is -1.06. The first-order valence-corrected chi connectivity index (χ1v) is 4.92. The molecule has 0 radical (unpaired) electrons. The van der Waals surface area contributed by atoms with Crippen molar-refractivity contribution in [2.24, 2.45) is 5.41 Å². The van der Waals surface area contributed by atoms with Gasteiger partial charge >= 0.3 is 6.18 Å². The zero-order valence-corrected chi connectivity index (χ0v) is 9.40. The van der Waals surface area contributed by atoms with Crippen LogP contribution in [-0.2, 0) is 5.67 Å². The molecule has 0 aliphatic carbocycles. The molecule has 0 saturated carbocycles. The van der Waals surface area contributed by atoms with Crippen LogP contribution in [0.1, 0.15) is 26.3 Å². The molecule has 0 heterocycles. The molecule has 90 valence electrons. The first-order chi connectivity index (χ1) is 7.11. The monoisotopic (exact) mass is 234 g/mol. The van der Waals surface area contributed by atoms with Crippen molar-refractivity contribution in [2.75, 3.05) is 0 Å². The van der Waals surface area contributed by atoms with Gasteiger partial charge in [0.25, 0.3) is 0 Å². The Bertz CT molecular complexity index is 332. The van der Waals surface area contributed by atoms with Crippen molar-refractivity contribution in [3.8, 4) is 0 Å². The lowest BCUT2D eigenvalue weighted by Gasteiger charge is -2.39. The van der Waals surface area contributed by atoms with Crippen LogP contribution in [0.3, 0.4) is 0 Å². The van der Waals surface area contributed by atoms with Crippen LogP contribution in [-0.4, -0.2) is 6.18 Å². The highest BCUT2D eigenvalue weighted by atomic mass is 19.4. The van der Waals surface area contributed by atoms with Gasteiger partial charge in [-0.1, -0.05) is 51.1 Å². The second-order valence-corrected chi connectivity index (χ2v) is 4.77. The summed E-state index contributed by atoms with van der Waals surface area (Å²) in [5.74, 6) is 0. The van der Waals surface area contributed by atoms with Crippen molar-refractivity contribution < 1.29 is 17.6 Å². The molecule has 0 N–H and O–H groups in total. The molecule has 0 fully saturated rings. The maximum absolute atomic E-state index is 14.4. The summed E-state index contributed by atoms with van der Waals surface area (Å²) >= 11 is 0. The summed E-state index contributed by atoms with van der Waals surface area (Å²) in [5, 5.41) is 0. The first-order valence-electron chi connectivity index (χ1n) is 4.92. The van der Waals surface area contributed by atoms with Gasteiger partial charge in [-0.3, -0.25) is 0 Å². The fourth-order valence-electron chi connectivity index (χ4n) is 1.69. The fourth-order valence-corrected chi connectivity index (χ4v) is 1.69. The third kappa shape index (κ3) is 1.93. The zero-order valence-electron chi connectivity index (χ0n) is 9.40. The summed E-state index contributed by atoms with van der Waals surface area (Å²) < 4.78 is 53.1. The van der Waals surface area contributed by atoms with Gasteiger partial charge in [-0.25, -0.2) is 4.39 Å². The molecule has 0 bridgehead atoms. The van der Waals surface area contributed by atoms with Crippen LogP contribution in [0.2, 0.25) is 0 Å². The van der Waals surface area contributed by atoms with E-state index in [-0.39, 0.29) is 5.56 Å². The largest absolute Gasteiger partial charge is 0.427 e. The van der Waals surface area contributed by atoms with Gasteiger partial charge in [-0.2, -0.15) is 13.2 Å². The third-order valence-electron chi connectivity index (χ3n) is 2.60. The van der Waals surface area contributed by atoms with E-state index in [1.54, 1.807) is 6.07 Å². The number of benzene rings is 1. The molecule has 0 aliphatic rings. The molecular formula is C12H14F4. The molecule has 1 unspecified atom stereocenters. The van der Waals surface area contributed by atoms with E-state index in [0.29, 0.717) is 0 Å². The van der Waals surface area contributed by atoms with Crippen LogP contribution in [0.25, 0.3) is 0 Å². The lowest BCUT2D eigenvalue weighted by atomic mass is 9.73. The molecule has 0 aromatic heterocycles. The van der Waals surface area contributed by atoms with E-state index in [0.717, 1.165) is 0 Å². The lowest BCUT2D eigenvalue weighted by Crippen LogP contribution is -2.48. The topological polar surface area (TPSA) is 0 Å². The van der Waals surface area contributed by atoms with Crippen LogP contribution in [0.4, 0.5) is 17.6 Å². The van der Waals surface area contributed by atoms with Crippen molar-refractivity contribution in [3.05, 3.63) is 35.9 Å². The van der Waals surface area contributed by atoms with Crippen molar-refractivity contribution in [1.82, 2.24) is 0 Å². The van der Waals surface area contributed by atoms with Gasteiger partial charge in [-0.05, 0) is 5.56 Å². The molecule has 0 spiro atoms. The van der Waals surface area contributed by atoms with Crippen molar-refractivity contribution in [2.45, 2.75) is 32.6 Å². The molecule has 1 rings (SSSR count). The summed E-state index contributed by atoms with van der Waals surface area (Å²) in [5.41, 5.74) is -5.23. The van der Waals surface area contributed by atoms with Gasteiger partial charge in [0.2, 0.25) is 5.67 Å². The minimum Gasteiger partial charge on any atom is -0.228 e. The summed E-state index contributed by atoms with van der Waals surface area (Å²) in [6.07, 6.45) is -4.92. The zero-order chi connectivity index (χ0) is 12.6. The molecule has 4 heteroatoms. The van der Waals surface area contributed by atoms with Crippen LogP contribution in [0.15, 0.2) is 30.3 Å². The Morgan fingerprint density at radius 3 is 1.56 bits per heavy atom. The number of alkyl halides is 4. The molecule has 1 aromatic carbocycles. The van der Waals surface area contributed by atoms with Gasteiger partial charge in [0, 0.05) is 5.41 Å². The number of hydrogen-bond donors (Lipinski definition) is 0. The van der Waals surface area contributed by atoms with Gasteiger partial charge in [0.05, 0.1) is 0 Å². The van der Waals surface area contributed by atoms with E-state index in [2.05, 4.69) is 0 Å². The Labute approximate surface area is 92.3 Å². The van der Waals surface area contributed by atoms with Crippen molar-refractivity contribution in [3.63, 3.8) is 0 Å². The van der Waals surface area contributed by atoms with Gasteiger partial charge in [0.15, 0.2) is 0 Å². The Kier molecular flexibility index (Phi) is 3.05. The summed E-state index contributed by atoms with van der Waals surface area (Å²) in [6.45, 7) is 3.73. The highest BCUT2D eigenvalue weighted by molar-refractivity contribution is 5.26. The van der Waals surface area contributed by atoms with Crippen LogP contribution >= 0.6 is 0 Å². The van der Waals surface area contributed by atoms with E-state index in [1.807, 2.05) is 0 Å². The minimum absolute atomic E-state index is 0.352. The number of halogens is 4. The van der Waals surface area contributed by atoms with E-state index in [9.17, 15) is 17.6 Å². The number of hydrogen-bond acceptors (Lipinski definition) is 0. The van der Waals surface area contributed by atoms with Crippen molar-refractivity contribution in [1.29, 1.82) is 0 Å². The highest BCUT2D eigenvalue weighted by Gasteiger charge is 2.63. The normalized spacial score (nSPS) is 16.9.